The van der Waals surface area contributed by atoms with Crippen molar-refractivity contribution in [1.82, 2.24) is 0 Å². The number of hydrogen-bond acceptors (Lipinski definition) is 1. The van der Waals surface area contributed by atoms with Gasteiger partial charge in [-0.3, -0.25) is 0 Å². The van der Waals surface area contributed by atoms with E-state index >= 15 is 0 Å². The quantitative estimate of drug-likeness (QED) is 0.750. The molecule has 1 nitrogen and oxygen atoms in total. The fraction of sp³-hybridized carbons (Fsp3) is 0.333. The molecule has 1 atom stereocenters. The van der Waals surface area contributed by atoms with E-state index in [0.29, 0.717) is 11.7 Å². The Morgan fingerprint density at radius 1 is 1.36 bits per heavy atom. The Bertz CT molecular complexity index is 357. The largest absolute Gasteiger partial charge is 0.508 e. The molecule has 0 radical (unpaired) electrons. The van der Waals surface area contributed by atoms with Crippen LogP contribution in [0.1, 0.15) is 30.7 Å². The van der Waals surface area contributed by atoms with Crippen molar-refractivity contribution < 1.29 is 5.11 Å². The number of allylic oxidation sites excluding steroid dienone is 2. The highest BCUT2D eigenvalue weighted by Crippen LogP contribution is 2.34. The summed E-state index contributed by atoms with van der Waals surface area (Å²) in [6.07, 6.45) is 7.93. The fourth-order valence-corrected chi connectivity index (χ4v) is 2.27. The zero-order chi connectivity index (χ0) is 9.97. The lowest BCUT2D eigenvalue weighted by molar-refractivity contribution is 0.461. The van der Waals surface area contributed by atoms with Crippen LogP contribution in [0.25, 0.3) is 0 Å². The summed E-state index contributed by atoms with van der Waals surface area (Å²) in [5.41, 5.74) is 1.04. The number of rotatable bonds is 1. The minimum atomic E-state index is 0.390. The summed E-state index contributed by atoms with van der Waals surface area (Å²) in [6.45, 7) is 0. The Labute approximate surface area is 92.6 Å². The van der Waals surface area contributed by atoms with Crippen molar-refractivity contribution in [3.05, 3.63) is 40.4 Å². The van der Waals surface area contributed by atoms with Crippen molar-refractivity contribution in [2.24, 2.45) is 0 Å². The average Bonchev–Trinajstić information content (AvgIpc) is 2.23. The Morgan fingerprint density at radius 3 is 2.93 bits per heavy atom. The van der Waals surface area contributed by atoms with Crippen molar-refractivity contribution in [3.8, 4) is 5.75 Å². The first-order chi connectivity index (χ1) is 6.77. The lowest BCUT2D eigenvalue weighted by atomic mass is 9.89. The van der Waals surface area contributed by atoms with Gasteiger partial charge in [-0.1, -0.05) is 28.1 Å². The summed E-state index contributed by atoms with van der Waals surface area (Å²) < 4.78 is 1.03. The summed E-state index contributed by atoms with van der Waals surface area (Å²) in [4.78, 5) is 0. The minimum Gasteiger partial charge on any atom is -0.508 e. The molecule has 0 bridgehead atoms. The van der Waals surface area contributed by atoms with Crippen LogP contribution in [0.15, 0.2) is 34.8 Å². The van der Waals surface area contributed by atoms with Crippen LogP contribution >= 0.6 is 15.9 Å². The van der Waals surface area contributed by atoms with Gasteiger partial charge in [0, 0.05) is 16.0 Å². The van der Waals surface area contributed by atoms with Crippen LogP contribution in [0.3, 0.4) is 0 Å². The summed E-state index contributed by atoms with van der Waals surface area (Å²) in [5, 5.41) is 9.73. The number of phenols is 1. The molecule has 74 valence electrons. The van der Waals surface area contributed by atoms with E-state index in [1.54, 1.807) is 6.07 Å². The van der Waals surface area contributed by atoms with Gasteiger partial charge in [-0.2, -0.15) is 0 Å². The average molecular weight is 253 g/mol. The number of halogens is 1. The van der Waals surface area contributed by atoms with Crippen LogP contribution in [0.2, 0.25) is 0 Å². The maximum atomic E-state index is 9.73. The number of phenolic OH excluding ortho intramolecular Hbond substituents is 1. The summed E-state index contributed by atoms with van der Waals surface area (Å²) >= 11 is 3.43. The number of hydrogen-bond donors (Lipinski definition) is 1. The van der Waals surface area contributed by atoms with E-state index in [2.05, 4.69) is 28.1 Å². The standard InChI is InChI=1S/C12H13BrO/c13-10-6-7-12(14)11(8-10)9-4-2-1-3-5-9/h2,4,6-9,14H,1,3,5H2. The Hall–Kier alpha value is -0.760. The van der Waals surface area contributed by atoms with Gasteiger partial charge in [-0.05, 0) is 37.5 Å². The molecule has 0 amide bonds. The van der Waals surface area contributed by atoms with Crippen LogP contribution in [0.4, 0.5) is 0 Å². The Morgan fingerprint density at radius 2 is 2.21 bits per heavy atom. The van der Waals surface area contributed by atoms with Gasteiger partial charge in [-0.25, -0.2) is 0 Å². The molecule has 1 unspecified atom stereocenters. The fourth-order valence-electron chi connectivity index (χ4n) is 1.89. The third-order valence-electron chi connectivity index (χ3n) is 2.64. The maximum absolute atomic E-state index is 9.73. The molecule has 0 aliphatic heterocycles. The monoisotopic (exact) mass is 252 g/mol. The summed E-state index contributed by atoms with van der Waals surface area (Å²) in [7, 11) is 0. The molecular weight excluding hydrogens is 240 g/mol. The first-order valence-corrected chi connectivity index (χ1v) is 5.72. The molecule has 1 aliphatic carbocycles. The van der Waals surface area contributed by atoms with Gasteiger partial charge in [0.25, 0.3) is 0 Å². The molecule has 1 aromatic rings. The van der Waals surface area contributed by atoms with Crippen molar-refractivity contribution in [2.75, 3.05) is 0 Å². The van der Waals surface area contributed by atoms with Gasteiger partial charge in [0.15, 0.2) is 0 Å². The topological polar surface area (TPSA) is 20.2 Å². The van der Waals surface area contributed by atoms with Gasteiger partial charge >= 0.3 is 0 Å². The van der Waals surface area contributed by atoms with E-state index in [0.717, 1.165) is 16.5 Å². The van der Waals surface area contributed by atoms with Crippen molar-refractivity contribution >= 4 is 15.9 Å². The highest BCUT2D eigenvalue weighted by molar-refractivity contribution is 9.10. The van der Waals surface area contributed by atoms with Gasteiger partial charge in [0.1, 0.15) is 5.75 Å². The van der Waals surface area contributed by atoms with E-state index in [-0.39, 0.29) is 0 Å². The van der Waals surface area contributed by atoms with Gasteiger partial charge in [0.05, 0.1) is 0 Å². The van der Waals surface area contributed by atoms with E-state index in [4.69, 9.17) is 0 Å². The van der Waals surface area contributed by atoms with Gasteiger partial charge in [-0.15, -0.1) is 0 Å². The second kappa shape index (κ2) is 4.18. The molecule has 0 aromatic heterocycles. The first kappa shape index (κ1) is 9.78. The summed E-state index contributed by atoms with van der Waals surface area (Å²) in [6, 6.07) is 5.63. The van der Waals surface area contributed by atoms with E-state index < -0.39 is 0 Å². The Balaban J connectivity index is 2.34. The summed E-state index contributed by atoms with van der Waals surface area (Å²) in [5.74, 6) is 0.797. The normalized spacial score (nSPS) is 21.1. The predicted molar refractivity (Wildman–Crippen MR) is 61.5 cm³/mol. The second-order valence-corrected chi connectivity index (χ2v) is 4.58. The third kappa shape index (κ3) is 2.01. The molecule has 1 aromatic carbocycles. The Kier molecular flexibility index (Phi) is 2.92. The molecule has 14 heavy (non-hydrogen) atoms. The van der Waals surface area contributed by atoms with Crippen LogP contribution in [0, 0.1) is 0 Å². The molecule has 1 N–H and O–H groups in total. The lowest BCUT2D eigenvalue weighted by Crippen LogP contribution is -1.99. The second-order valence-electron chi connectivity index (χ2n) is 3.67. The molecule has 0 fully saturated rings. The predicted octanol–water partition coefficient (Wildman–Crippen LogP) is 3.98. The van der Waals surface area contributed by atoms with E-state index in [9.17, 15) is 5.11 Å². The van der Waals surface area contributed by atoms with Crippen molar-refractivity contribution in [1.29, 1.82) is 0 Å². The van der Waals surface area contributed by atoms with Crippen LogP contribution < -0.4 is 0 Å². The lowest BCUT2D eigenvalue weighted by Gasteiger charge is -2.17. The van der Waals surface area contributed by atoms with Crippen molar-refractivity contribution in [3.63, 3.8) is 0 Å². The SMILES string of the molecule is Oc1ccc(Br)cc1C1C=CCCC1. The zero-order valence-electron chi connectivity index (χ0n) is 7.91. The smallest absolute Gasteiger partial charge is 0.119 e. The van der Waals surface area contributed by atoms with Crippen LogP contribution in [0.5, 0.6) is 5.75 Å². The molecule has 0 heterocycles. The van der Waals surface area contributed by atoms with Crippen molar-refractivity contribution in [2.45, 2.75) is 25.2 Å². The molecule has 0 saturated heterocycles. The number of aromatic hydroxyl groups is 1. The highest BCUT2D eigenvalue weighted by Gasteiger charge is 2.14. The zero-order valence-corrected chi connectivity index (χ0v) is 9.50. The highest BCUT2D eigenvalue weighted by atomic mass is 79.9. The molecule has 0 saturated carbocycles. The number of benzene rings is 1. The molecule has 1 aliphatic rings. The molecule has 0 spiro atoms. The van der Waals surface area contributed by atoms with Gasteiger partial charge < -0.3 is 5.11 Å². The van der Waals surface area contributed by atoms with E-state index in [1.165, 1.54) is 12.8 Å². The minimum absolute atomic E-state index is 0.390. The van der Waals surface area contributed by atoms with Gasteiger partial charge in [0.2, 0.25) is 0 Å². The first-order valence-electron chi connectivity index (χ1n) is 4.92. The van der Waals surface area contributed by atoms with Crippen LogP contribution in [-0.2, 0) is 0 Å². The third-order valence-corrected chi connectivity index (χ3v) is 3.14. The molecule has 2 rings (SSSR count). The molecular formula is C12H13BrO. The van der Waals surface area contributed by atoms with Crippen LogP contribution in [-0.4, -0.2) is 5.11 Å². The maximum Gasteiger partial charge on any atom is 0.119 e. The molecule has 2 heteroatoms. The van der Waals surface area contributed by atoms with E-state index in [1.807, 2.05) is 12.1 Å².